The van der Waals surface area contributed by atoms with E-state index < -0.39 is 5.54 Å². The predicted molar refractivity (Wildman–Crippen MR) is 51.4 cm³/mol. The summed E-state index contributed by atoms with van der Waals surface area (Å²) in [7, 11) is 0. The molecule has 0 heterocycles. The highest BCUT2D eigenvalue weighted by Crippen LogP contribution is 1.99. The first-order chi connectivity index (χ1) is 4.95. The molecule has 12 heavy (non-hydrogen) atoms. The number of hydrogen-bond donors (Lipinski definition) is 1. The highest BCUT2D eigenvalue weighted by atomic mass is 35.5. The molecule has 0 amide bonds. The Hall–Kier alpha value is -0.280. The lowest BCUT2D eigenvalue weighted by molar-refractivity contribution is -0.145. The van der Waals surface area contributed by atoms with Gasteiger partial charge in [-0.15, -0.1) is 12.4 Å². The molecule has 0 aromatic heterocycles. The number of carbonyl (C=O) groups excluding carboxylic acids is 1. The third-order valence-electron chi connectivity index (χ3n) is 1.06. The lowest BCUT2D eigenvalue weighted by Gasteiger charge is -2.17. The van der Waals surface area contributed by atoms with E-state index in [-0.39, 0.29) is 18.4 Å². The van der Waals surface area contributed by atoms with Crippen LogP contribution in [0.25, 0.3) is 0 Å². The van der Waals surface area contributed by atoms with E-state index in [2.05, 4.69) is 0 Å². The minimum Gasteiger partial charge on any atom is -0.464 e. The molecular weight excluding hydrogens is 178 g/mol. The monoisotopic (exact) mass is 195 g/mol. The second kappa shape index (κ2) is 6.26. The van der Waals surface area contributed by atoms with Crippen LogP contribution in [-0.4, -0.2) is 18.1 Å². The van der Waals surface area contributed by atoms with Crippen LogP contribution in [0.5, 0.6) is 0 Å². The number of ether oxygens (including phenoxy) is 1. The van der Waals surface area contributed by atoms with Crippen LogP contribution >= 0.6 is 12.4 Å². The number of esters is 1. The van der Waals surface area contributed by atoms with Crippen LogP contribution in [0.2, 0.25) is 0 Å². The summed E-state index contributed by atoms with van der Waals surface area (Å²) in [5.74, 6) is -0.161. The van der Waals surface area contributed by atoms with E-state index in [9.17, 15) is 4.79 Å². The fourth-order valence-electron chi connectivity index (χ4n) is 0.543. The number of hydrogen-bond acceptors (Lipinski definition) is 3. The number of nitrogens with two attached hydrogens (primary N) is 1. The molecule has 0 unspecified atom stereocenters. The molecule has 0 saturated heterocycles. The Morgan fingerprint density at radius 1 is 1.50 bits per heavy atom. The summed E-state index contributed by atoms with van der Waals surface area (Å²) in [5.41, 5.74) is 5.19. The largest absolute Gasteiger partial charge is 0.464 e. The second-order valence-corrected chi connectivity index (χ2v) is 3.40. The van der Waals surface area contributed by atoms with Gasteiger partial charge in [0, 0.05) is 12.0 Å². The van der Waals surface area contributed by atoms with Gasteiger partial charge in [-0.05, 0) is 20.3 Å². The molecule has 3 nitrogen and oxygen atoms in total. The van der Waals surface area contributed by atoms with Gasteiger partial charge in [0.1, 0.15) is 6.61 Å². The van der Waals surface area contributed by atoms with Crippen LogP contribution in [0.1, 0.15) is 33.6 Å². The molecule has 0 atom stereocenters. The van der Waals surface area contributed by atoms with Gasteiger partial charge >= 0.3 is 5.97 Å². The molecule has 0 aromatic rings. The van der Waals surface area contributed by atoms with Crippen molar-refractivity contribution in [2.45, 2.75) is 39.2 Å². The van der Waals surface area contributed by atoms with Crippen molar-refractivity contribution >= 4 is 18.4 Å². The van der Waals surface area contributed by atoms with E-state index in [0.717, 1.165) is 6.42 Å². The maximum absolute atomic E-state index is 10.8. The van der Waals surface area contributed by atoms with Gasteiger partial charge in [-0.3, -0.25) is 4.79 Å². The van der Waals surface area contributed by atoms with Crippen molar-refractivity contribution in [3.8, 4) is 0 Å². The summed E-state index contributed by atoms with van der Waals surface area (Å²) in [6.45, 7) is 5.89. The first-order valence-corrected chi connectivity index (χ1v) is 3.90. The molecule has 0 fully saturated rings. The van der Waals surface area contributed by atoms with Crippen molar-refractivity contribution in [2.24, 2.45) is 5.73 Å². The summed E-state index contributed by atoms with van der Waals surface area (Å²) < 4.78 is 4.88. The van der Waals surface area contributed by atoms with E-state index in [0.29, 0.717) is 13.0 Å². The van der Waals surface area contributed by atoms with E-state index >= 15 is 0 Å². The van der Waals surface area contributed by atoms with Gasteiger partial charge in [0.15, 0.2) is 0 Å². The first-order valence-electron chi connectivity index (χ1n) is 3.90. The summed E-state index contributed by atoms with van der Waals surface area (Å²) in [5, 5.41) is 0. The molecule has 2 N–H and O–H groups in total. The Morgan fingerprint density at radius 2 is 2.00 bits per heavy atom. The third kappa shape index (κ3) is 9.72. The highest BCUT2D eigenvalue weighted by molar-refractivity contribution is 5.85. The van der Waals surface area contributed by atoms with Crippen molar-refractivity contribution in [3.63, 3.8) is 0 Å². The van der Waals surface area contributed by atoms with Crippen molar-refractivity contribution in [3.05, 3.63) is 0 Å². The topological polar surface area (TPSA) is 52.3 Å². The molecule has 0 bridgehead atoms. The summed E-state index contributed by atoms with van der Waals surface area (Å²) in [4.78, 5) is 10.8. The van der Waals surface area contributed by atoms with Crippen molar-refractivity contribution in [1.29, 1.82) is 0 Å². The van der Waals surface area contributed by atoms with Gasteiger partial charge < -0.3 is 10.5 Å². The number of halogens is 1. The molecule has 0 rings (SSSR count). The van der Waals surface area contributed by atoms with Crippen LogP contribution < -0.4 is 5.73 Å². The SMILES string of the molecule is CCCC(=O)OCC(C)(C)N.Cl. The minimum absolute atomic E-state index is 0. The van der Waals surface area contributed by atoms with E-state index in [1.165, 1.54) is 0 Å². The Morgan fingerprint density at radius 3 is 2.33 bits per heavy atom. The molecule has 0 aromatic carbocycles. The standard InChI is InChI=1S/C8H17NO2.ClH/c1-4-5-7(10)11-6-8(2,3)9;/h4-6,9H2,1-3H3;1H. The molecule has 4 heteroatoms. The fourth-order valence-corrected chi connectivity index (χ4v) is 0.543. The second-order valence-electron chi connectivity index (χ2n) is 3.40. The Balaban J connectivity index is 0. The molecule has 0 aliphatic carbocycles. The lowest BCUT2D eigenvalue weighted by atomic mass is 10.1. The Bertz CT molecular complexity index is 132. The smallest absolute Gasteiger partial charge is 0.305 e. The molecule has 0 saturated carbocycles. The zero-order chi connectivity index (χ0) is 8.91. The van der Waals surface area contributed by atoms with E-state index in [4.69, 9.17) is 10.5 Å². The lowest BCUT2D eigenvalue weighted by Crippen LogP contribution is -2.38. The van der Waals surface area contributed by atoms with Gasteiger partial charge in [0.2, 0.25) is 0 Å². The Kier molecular flexibility index (Phi) is 7.44. The predicted octanol–water partition coefficient (Wildman–Crippen LogP) is 1.49. The highest BCUT2D eigenvalue weighted by Gasteiger charge is 2.12. The van der Waals surface area contributed by atoms with Crippen LogP contribution in [0, 0.1) is 0 Å². The summed E-state index contributed by atoms with van der Waals surface area (Å²) in [6.07, 6.45) is 1.31. The van der Waals surface area contributed by atoms with Gasteiger partial charge in [-0.25, -0.2) is 0 Å². The summed E-state index contributed by atoms with van der Waals surface area (Å²) in [6, 6.07) is 0. The van der Waals surface area contributed by atoms with E-state index in [1.807, 2.05) is 20.8 Å². The number of carbonyl (C=O) groups is 1. The molecule has 0 aliphatic rings. The van der Waals surface area contributed by atoms with Crippen LogP contribution in [-0.2, 0) is 9.53 Å². The van der Waals surface area contributed by atoms with Crippen LogP contribution in [0.3, 0.4) is 0 Å². The quantitative estimate of drug-likeness (QED) is 0.692. The maximum atomic E-state index is 10.8. The summed E-state index contributed by atoms with van der Waals surface area (Å²) >= 11 is 0. The van der Waals surface area contributed by atoms with Gasteiger partial charge in [-0.1, -0.05) is 6.92 Å². The van der Waals surface area contributed by atoms with Crippen LogP contribution in [0.15, 0.2) is 0 Å². The maximum Gasteiger partial charge on any atom is 0.305 e. The molecule has 0 aliphatic heterocycles. The molecule has 0 spiro atoms. The van der Waals surface area contributed by atoms with Gasteiger partial charge in [0.25, 0.3) is 0 Å². The average Bonchev–Trinajstić information content (AvgIpc) is 1.83. The molecule has 74 valence electrons. The molecular formula is C8H18ClNO2. The number of rotatable bonds is 4. The third-order valence-corrected chi connectivity index (χ3v) is 1.06. The fraction of sp³-hybridized carbons (Fsp3) is 0.875. The zero-order valence-corrected chi connectivity index (χ0v) is 8.74. The Labute approximate surface area is 80.1 Å². The zero-order valence-electron chi connectivity index (χ0n) is 7.92. The first kappa shape index (κ1) is 14.3. The van der Waals surface area contributed by atoms with Gasteiger partial charge in [0.05, 0.1) is 0 Å². The van der Waals surface area contributed by atoms with E-state index in [1.54, 1.807) is 0 Å². The van der Waals surface area contributed by atoms with Crippen molar-refractivity contribution in [2.75, 3.05) is 6.61 Å². The normalized spacial score (nSPS) is 10.3. The van der Waals surface area contributed by atoms with Gasteiger partial charge in [-0.2, -0.15) is 0 Å². The van der Waals surface area contributed by atoms with Crippen molar-refractivity contribution in [1.82, 2.24) is 0 Å². The minimum atomic E-state index is -0.413. The van der Waals surface area contributed by atoms with Crippen molar-refractivity contribution < 1.29 is 9.53 Å². The molecule has 0 radical (unpaired) electrons. The van der Waals surface area contributed by atoms with Crippen LogP contribution in [0.4, 0.5) is 0 Å². The average molecular weight is 196 g/mol.